The molecule has 128 valence electrons. The minimum Gasteiger partial charge on any atom is -0.454 e. The van der Waals surface area contributed by atoms with Crippen molar-refractivity contribution in [3.05, 3.63) is 41.2 Å². The summed E-state index contributed by atoms with van der Waals surface area (Å²) in [5.74, 6) is 2.05. The Bertz CT molecular complexity index is 728. The Kier molecular flexibility index (Phi) is 4.16. The number of aromatic nitrogens is 2. The summed E-state index contributed by atoms with van der Waals surface area (Å²) in [6.07, 6.45) is 2.00. The van der Waals surface area contributed by atoms with Gasteiger partial charge in [0.05, 0.1) is 18.5 Å². The van der Waals surface area contributed by atoms with Gasteiger partial charge in [-0.05, 0) is 24.6 Å². The molecule has 0 amide bonds. The molecular formula is C18H23N3O3. The molecule has 0 fully saturated rings. The van der Waals surface area contributed by atoms with Crippen molar-refractivity contribution >= 4 is 0 Å². The molecule has 0 radical (unpaired) electrons. The third-order valence-corrected chi connectivity index (χ3v) is 4.75. The number of hydrogen-bond donors (Lipinski definition) is 0. The molecule has 0 bridgehead atoms. The zero-order valence-corrected chi connectivity index (χ0v) is 14.2. The van der Waals surface area contributed by atoms with Gasteiger partial charge in [-0.15, -0.1) is 0 Å². The fourth-order valence-corrected chi connectivity index (χ4v) is 3.52. The van der Waals surface area contributed by atoms with Crippen LogP contribution in [0.3, 0.4) is 0 Å². The molecule has 0 saturated heterocycles. The lowest BCUT2D eigenvalue weighted by Crippen LogP contribution is -2.35. The van der Waals surface area contributed by atoms with Gasteiger partial charge >= 0.3 is 0 Å². The molecular weight excluding hydrogens is 306 g/mol. The van der Waals surface area contributed by atoms with E-state index in [1.54, 1.807) is 0 Å². The first kappa shape index (κ1) is 15.5. The predicted molar refractivity (Wildman–Crippen MR) is 89.1 cm³/mol. The quantitative estimate of drug-likeness (QED) is 0.842. The summed E-state index contributed by atoms with van der Waals surface area (Å²) in [5, 5.41) is 4.44. The number of hydrogen-bond acceptors (Lipinski definition) is 5. The van der Waals surface area contributed by atoms with Crippen molar-refractivity contribution in [2.75, 3.05) is 26.6 Å². The van der Waals surface area contributed by atoms with Crippen molar-refractivity contribution in [1.29, 1.82) is 0 Å². The highest BCUT2D eigenvalue weighted by molar-refractivity contribution is 5.44. The van der Waals surface area contributed by atoms with Crippen LogP contribution in [0, 0.1) is 0 Å². The Balaban J connectivity index is 1.52. The fraction of sp³-hybridized carbons (Fsp3) is 0.500. The third kappa shape index (κ3) is 2.87. The van der Waals surface area contributed by atoms with Gasteiger partial charge in [0.25, 0.3) is 0 Å². The van der Waals surface area contributed by atoms with Crippen molar-refractivity contribution in [3.8, 4) is 11.5 Å². The average molecular weight is 329 g/mol. The second kappa shape index (κ2) is 6.45. The van der Waals surface area contributed by atoms with E-state index >= 15 is 0 Å². The minimum absolute atomic E-state index is 0.317. The summed E-state index contributed by atoms with van der Waals surface area (Å²) in [7, 11) is 2.01. The normalized spacial score (nSPS) is 19.5. The molecule has 6 nitrogen and oxygen atoms in total. The lowest BCUT2D eigenvalue weighted by atomic mass is 9.95. The smallest absolute Gasteiger partial charge is 0.231 e. The van der Waals surface area contributed by atoms with Gasteiger partial charge in [0.15, 0.2) is 11.5 Å². The third-order valence-electron chi connectivity index (χ3n) is 4.75. The number of fused-ring (bicyclic) bond motifs is 2. The van der Waals surface area contributed by atoms with Gasteiger partial charge < -0.3 is 14.2 Å². The monoisotopic (exact) mass is 329 g/mol. The Morgan fingerprint density at radius 1 is 1.29 bits per heavy atom. The summed E-state index contributed by atoms with van der Waals surface area (Å²) in [6.45, 7) is 6.61. The lowest BCUT2D eigenvalue weighted by Gasteiger charge is -2.33. The second-order valence-corrected chi connectivity index (χ2v) is 6.38. The molecule has 4 rings (SSSR count). The van der Waals surface area contributed by atoms with Crippen LogP contribution < -0.4 is 9.47 Å². The molecule has 0 N–H and O–H groups in total. The minimum atomic E-state index is 0.317. The van der Waals surface area contributed by atoms with E-state index in [1.165, 1.54) is 16.8 Å². The van der Waals surface area contributed by atoms with Gasteiger partial charge in [0, 0.05) is 44.8 Å². The summed E-state index contributed by atoms with van der Waals surface area (Å²) in [5.41, 5.74) is 3.85. The zero-order valence-electron chi connectivity index (χ0n) is 14.2. The van der Waals surface area contributed by atoms with Crippen LogP contribution in [0.4, 0.5) is 0 Å². The highest BCUT2D eigenvalue weighted by atomic mass is 16.7. The van der Waals surface area contributed by atoms with Crippen molar-refractivity contribution in [2.45, 2.75) is 25.9 Å². The van der Waals surface area contributed by atoms with Crippen molar-refractivity contribution in [1.82, 2.24) is 14.7 Å². The fourth-order valence-electron chi connectivity index (χ4n) is 3.52. The molecule has 3 heterocycles. The van der Waals surface area contributed by atoms with Crippen molar-refractivity contribution in [3.63, 3.8) is 0 Å². The van der Waals surface area contributed by atoms with Gasteiger partial charge in [-0.2, -0.15) is 5.10 Å². The van der Waals surface area contributed by atoms with Crippen LogP contribution in [0.25, 0.3) is 0 Å². The van der Waals surface area contributed by atoms with E-state index in [0.29, 0.717) is 12.7 Å². The van der Waals surface area contributed by atoms with Gasteiger partial charge in [0.2, 0.25) is 6.79 Å². The number of aryl methyl sites for hydroxylation is 1. The number of nitrogens with zero attached hydrogens (tertiary/aromatic N) is 3. The topological polar surface area (TPSA) is 48.8 Å². The van der Waals surface area contributed by atoms with E-state index in [1.807, 2.05) is 30.9 Å². The van der Waals surface area contributed by atoms with E-state index in [0.717, 1.165) is 44.3 Å². The molecule has 0 saturated carbocycles. The van der Waals surface area contributed by atoms with Crippen molar-refractivity contribution < 1.29 is 14.2 Å². The molecule has 6 heteroatoms. The molecule has 2 aliphatic heterocycles. The molecule has 2 aliphatic rings. The van der Waals surface area contributed by atoms with E-state index in [-0.39, 0.29) is 0 Å². The molecule has 0 aliphatic carbocycles. The van der Waals surface area contributed by atoms with Crippen LogP contribution in [0.15, 0.2) is 24.4 Å². The van der Waals surface area contributed by atoms with E-state index in [2.05, 4.69) is 22.1 Å². The van der Waals surface area contributed by atoms with E-state index in [4.69, 9.17) is 14.2 Å². The number of benzene rings is 1. The molecule has 24 heavy (non-hydrogen) atoms. The van der Waals surface area contributed by atoms with E-state index < -0.39 is 0 Å². The van der Waals surface area contributed by atoms with Crippen LogP contribution in [0.1, 0.15) is 29.7 Å². The standard InChI is InChI=1S/C18H23N3O3/c1-3-22-11-14-9-21(10-16-15(14)7-19-20(16)2)8-13-4-5-17-18(6-13)24-12-23-17/h4-7,14H,3,8-12H2,1-2H3. The van der Waals surface area contributed by atoms with Crippen LogP contribution >= 0.6 is 0 Å². The highest BCUT2D eigenvalue weighted by Crippen LogP contribution is 2.34. The first-order valence-corrected chi connectivity index (χ1v) is 8.44. The molecule has 1 atom stereocenters. The molecule has 2 aromatic rings. The maximum Gasteiger partial charge on any atom is 0.231 e. The summed E-state index contributed by atoms with van der Waals surface area (Å²) in [4.78, 5) is 2.45. The second-order valence-electron chi connectivity index (χ2n) is 6.38. The Morgan fingerprint density at radius 3 is 3.04 bits per heavy atom. The zero-order chi connectivity index (χ0) is 16.5. The van der Waals surface area contributed by atoms with Gasteiger partial charge in [0.1, 0.15) is 0 Å². The highest BCUT2D eigenvalue weighted by Gasteiger charge is 2.28. The van der Waals surface area contributed by atoms with Crippen LogP contribution in [0.2, 0.25) is 0 Å². The van der Waals surface area contributed by atoms with Crippen LogP contribution in [-0.4, -0.2) is 41.2 Å². The molecule has 1 aromatic heterocycles. The van der Waals surface area contributed by atoms with Gasteiger partial charge in [-0.25, -0.2) is 0 Å². The maximum atomic E-state index is 5.70. The molecule has 0 spiro atoms. The molecule has 1 aromatic carbocycles. The Labute approximate surface area is 141 Å². The Hall–Kier alpha value is -2.05. The average Bonchev–Trinajstić information content (AvgIpc) is 3.19. The predicted octanol–water partition coefficient (Wildman–Crippen LogP) is 2.28. The summed E-state index contributed by atoms with van der Waals surface area (Å²) >= 11 is 0. The largest absolute Gasteiger partial charge is 0.454 e. The maximum absolute atomic E-state index is 5.70. The summed E-state index contributed by atoms with van der Waals surface area (Å²) in [6, 6.07) is 6.19. The first-order valence-electron chi connectivity index (χ1n) is 8.44. The molecule has 1 unspecified atom stereocenters. The number of rotatable bonds is 5. The van der Waals surface area contributed by atoms with Crippen LogP contribution in [-0.2, 0) is 24.9 Å². The number of ether oxygens (including phenoxy) is 3. The first-order chi connectivity index (χ1) is 11.7. The van der Waals surface area contributed by atoms with E-state index in [9.17, 15) is 0 Å². The summed E-state index contributed by atoms with van der Waals surface area (Å²) < 4.78 is 18.6. The van der Waals surface area contributed by atoms with Crippen LogP contribution in [0.5, 0.6) is 11.5 Å². The van der Waals surface area contributed by atoms with Gasteiger partial charge in [-0.1, -0.05) is 6.07 Å². The van der Waals surface area contributed by atoms with Gasteiger partial charge in [-0.3, -0.25) is 9.58 Å². The Morgan fingerprint density at radius 2 is 2.17 bits per heavy atom. The SMILES string of the molecule is CCOCC1CN(Cc2ccc3c(c2)OCO3)Cc2c1cnn2C. The van der Waals surface area contributed by atoms with Crippen molar-refractivity contribution in [2.24, 2.45) is 7.05 Å². The lowest BCUT2D eigenvalue weighted by molar-refractivity contribution is 0.104.